The van der Waals surface area contributed by atoms with E-state index in [1.807, 2.05) is 6.92 Å². The molecule has 0 saturated carbocycles. The van der Waals surface area contributed by atoms with Crippen LogP contribution in [0.1, 0.15) is 44.6 Å². The second kappa shape index (κ2) is 6.65. The molecule has 2 aromatic rings. The van der Waals surface area contributed by atoms with Crippen molar-refractivity contribution in [1.82, 2.24) is 9.55 Å². The molecule has 0 radical (unpaired) electrons. The highest BCUT2D eigenvalue weighted by molar-refractivity contribution is 7.99. The first kappa shape index (κ1) is 17.7. The van der Waals surface area contributed by atoms with Crippen LogP contribution in [0, 0.1) is 0 Å². The standard InChI is InChI=1S/C18H24N2O2S2/c1-6-18(5)8-12-13(10-22-18)24-16-14(15(12)21)19-17(23-7-2)20(16)9-11(3)4/h3,6-10H2,1-2,4-5H3. The van der Waals surface area contributed by atoms with Crippen LogP contribution in [-0.2, 0) is 24.3 Å². The van der Waals surface area contributed by atoms with Crippen LogP contribution < -0.4 is 5.43 Å². The van der Waals surface area contributed by atoms with Gasteiger partial charge in [-0.1, -0.05) is 37.8 Å². The first-order valence-electron chi connectivity index (χ1n) is 8.34. The van der Waals surface area contributed by atoms with E-state index in [9.17, 15) is 4.79 Å². The summed E-state index contributed by atoms with van der Waals surface area (Å²) in [5.74, 6) is 0.926. The third-order valence-corrected chi connectivity index (χ3v) is 6.56. The molecule has 0 spiro atoms. The minimum atomic E-state index is -0.242. The Bertz CT molecular complexity index is 853. The number of nitrogens with zero attached hydrogens (tertiary/aromatic N) is 2. The second-order valence-corrected chi connectivity index (χ2v) is 8.94. The maximum Gasteiger partial charge on any atom is 0.211 e. The molecule has 1 aliphatic heterocycles. The van der Waals surface area contributed by atoms with Gasteiger partial charge in [-0.05, 0) is 26.0 Å². The van der Waals surface area contributed by atoms with Crippen molar-refractivity contribution in [2.24, 2.45) is 0 Å². The first-order valence-corrected chi connectivity index (χ1v) is 10.1. The van der Waals surface area contributed by atoms with E-state index in [0.29, 0.717) is 25.1 Å². The molecule has 0 saturated heterocycles. The monoisotopic (exact) mass is 364 g/mol. The molecule has 3 rings (SSSR count). The summed E-state index contributed by atoms with van der Waals surface area (Å²) in [6.45, 7) is 13.5. The smallest absolute Gasteiger partial charge is 0.211 e. The molecular weight excluding hydrogens is 340 g/mol. The number of hydrogen-bond donors (Lipinski definition) is 0. The molecule has 130 valence electrons. The van der Waals surface area contributed by atoms with Gasteiger partial charge in [0, 0.05) is 23.4 Å². The van der Waals surface area contributed by atoms with Crippen molar-refractivity contribution in [3.05, 3.63) is 32.8 Å². The summed E-state index contributed by atoms with van der Waals surface area (Å²) in [5, 5.41) is 0.908. The lowest BCUT2D eigenvalue weighted by Crippen LogP contribution is -2.37. The Balaban J connectivity index is 2.21. The Kier molecular flexibility index (Phi) is 4.91. The van der Waals surface area contributed by atoms with E-state index in [2.05, 4.69) is 36.9 Å². The second-order valence-electron chi connectivity index (χ2n) is 6.63. The summed E-state index contributed by atoms with van der Waals surface area (Å²) < 4.78 is 8.17. The lowest BCUT2D eigenvalue weighted by molar-refractivity contribution is -0.0550. The fourth-order valence-corrected chi connectivity index (χ4v) is 4.87. The van der Waals surface area contributed by atoms with Gasteiger partial charge in [0.15, 0.2) is 5.16 Å². The molecule has 4 nitrogen and oxygen atoms in total. The van der Waals surface area contributed by atoms with Crippen molar-refractivity contribution < 1.29 is 4.74 Å². The number of rotatable bonds is 5. The lowest BCUT2D eigenvalue weighted by Gasteiger charge is -2.33. The number of allylic oxidation sites excluding steroid dienone is 1. The Morgan fingerprint density at radius 1 is 1.50 bits per heavy atom. The SMILES string of the molecule is C=C(C)Cn1c(SCC)nc2c(=O)c3c(sc21)COC(C)(CC)C3. The van der Waals surface area contributed by atoms with Crippen molar-refractivity contribution in [3.63, 3.8) is 0 Å². The van der Waals surface area contributed by atoms with Crippen LogP contribution in [-0.4, -0.2) is 20.9 Å². The molecule has 0 aromatic carbocycles. The molecule has 24 heavy (non-hydrogen) atoms. The summed E-state index contributed by atoms with van der Waals surface area (Å²) in [7, 11) is 0. The van der Waals surface area contributed by atoms with Crippen LogP contribution in [0.15, 0.2) is 22.1 Å². The van der Waals surface area contributed by atoms with Crippen molar-refractivity contribution in [1.29, 1.82) is 0 Å². The molecule has 2 aromatic heterocycles. The van der Waals surface area contributed by atoms with E-state index in [1.165, 1.54) is 0 Å². The molecule has 0 amide bonds. The van der Waals surface area contributed by atoms with Gasteiger partial charge in [0.1, 0.15) is 10.3 Å². The van der Waals surface area contributed by atoms with E-state index in [4.69, 9.17) is 4.74 Å². The van der Waals surface area contributed by atoms with Crippen molar-refractivity contribution >= 4 is 33.4 Å². The Morgan fingerprint density at radius 2 is 2.25 bits per heavy atom. The molecule has 0 aliphatic carbocycles. The maximum absolute atomic E-state index is 13.1. The summed E-state index contributed by atoms with van der Waals surface area (Å²) in [6, 6.07) is 0. The van der Waals surface area contributed by atoms with Gasteiger partial charge in [-0.25, -0.2) is 4.98 Å². The normalized spacial score (nSPS) is 20.3. The van der Waals surface area contributed by atoms with Crippen molar-refractivity contribution in [3.8, 4) is 0 Å². The van der Waals surface area contributed by atoms with Gasteiger partial charge in [-0.15, -0.1) is 11.3 Å². The number of fused-ring (bicyclic) bond motifs is 2. The molecule has 0 N–H and O–H groups in total. The zero-order chi connectivity index (χ0) is 17.5. The fraction of sp³-hybridized carbons (Fsp3) is 0.556. The van der Waals surface area contributed by atoms with Crippen LogP contribution in [0.5, 0.6) is 0 Å². The van der Waals surface area contributed by atoms with Crippen LogP contribution in [0.4, 0.5) is 0 Å². The van der Waals surface area contributed by atoms with Gasteiger partial charge in [0.05, 0.1) is 12.2 Å². The van der Waals surface area contributed by atoms with E-state index in [0.717, 1.165) is 38.2 Å². The van der Waals surface area contributed by atoms with Gasteiger partial charge >= 0.3 is 0 Å². The predicted molar refractivity (Wildman–Crippen MR) is 102 cm³/mol. The largest absolute Gasteiger partial charge is 0.369 e. The Morgan fingerprint density at radius 3 is 2.88 bits per heavy atom. The molecule has 0 bridgehead atoms. The van der Waals surface area contributed by atoms with Gasteiger partial charge < -0.3 is 9.30 Å². The van der Waals surface area contributed by atoms with Crippen molar-refractivity contribution in [2.75, 3.05) is 5.75 Å². The molecule has 6 heteroatoms. The molecule has 1 aliphatic rings. The summed E-state index contributed by atoms with van der Waals surface area (Å²) in [6.07, 6.45) is 1.57. The highest BCUT2D eigenvalue weighted by Gasteiger charge is 2.32. The highest BCUT2D eigenvalue weighted by Crippen LogP contribution is 2.35. The fourth-order valence-electron chi connectivity index (χ4n) is 2.95. The number of imidazole rings is 1. The van der Waals surface area contributed by atoms with Gasteiger partial charge in [-0.2, -0.15) is 0 Å². The van der Waals surface area contributed by atoms with Crippen LogP contribution >= 0.6 is 23.1 Å². The average molecular weight is 365 g/mol. The van der Waals surface area contributed by atoms with E-state index >= 15 is 0 Å². The average Bonchev–Trinajstić information content (AvgIpc) is 2.87. The quantitative estimate of drug-likeness (QED) is 0.583. The third kappa shape index (κ3) is 3.07. The zero-order valence-electron chi connectivity index (χ0n) is 14.8. The maximum atomic E-state index is 13.1. The highest BCUT2D eigenvalue weighted by atomic mass is 32.2. The van der Waals surface area contributed by atoms with Gasteiger partial charge in [0.25, 0.3) is 0 Å². The minimum Gasteiger partial charge on any atom is -0.369 e. The molecule has 0 fully saturated rings. The summed E-state index contributed by atoms with van der Waals surface area (Å²) >= 11 is 3.32. The van der Waals surface area contributed by atoms with Crippen LogP contribution in [0.25, 0.3) is 10.3 Å². The molecule has 1 atom stereocenters. The zero-order valence-corrected chi connectivity index (χ0v) is 16.4. The topological polar surface area (TPSA) is 44.1 Å². The molecule has 1 unspecified atom stereocenters. The molecule has 3 heterocycles. The van der Waals surface area contributed by atoms with E-state index in [1.54, 1.807) is 23.1 Å². The number of hydrogen-bond acceptors (Lipinski definition) is 5. The third-order valence-electron chi connectivity index (χ3n) is 4.48. The van der Waals surface area contributed by atoms with Crippen molar-refractivity contribution in [2.45, 2.75) is 64.4 Å². The number of aromatic nitrogens is 2. The lowest BCUT2D eigenvalue weighted by atomic mass is 9.91. The Hall–Kier alpha value is -1.11. The van der Waals surface area contributed by atoms with E-state index in [-0.39, 0.29) is 11.0 Å². The summed E-state index contributed by atoms with van der Waals surface area (Å²) in [5.41, 5.74) is 2.40. The number of thioether (sulfide) groups is 1. The minimum absolute atomic E-state index is 0.0835. The Labute approximate surface area is 150 Å². The number of ether oxygens (including phenoxy) is 1. The first-order chi connectivity index (χ1) is 11.4. The summed E-state index contributed by atoms with van der Waals surface area (Å²) in [4.78, 5) is 19.8. The van der Waals surface area contributed by atoms with Gasteiger partial charge in [0.2, 0.25) is 5.43 Å². The van der Waals surface area contributed by atoms with E-state index < -0.39 is 0 Å². The van der Waals surface area contributed by atoms with Crippen LogP contribution in [0.2, 0.25) is 0 Å². The van der Waals surface area contributed by atoms with Crippen LogP contribution in [0.3, 0.4) is 0 Å². The van der Waals surface area contributed by atoms with Gasteiger partial charge in [-0.3, -0.25) is 4.79 Å². The predicted octanol–water partition coefficient (Wildman–Crippen LogP) is 4.39. The molecular formula is C18H24N2O2S2.